The van der Waals surface area contributed by atoms with Gasteiger partial charge in [-0.15, -0.1) is 0 Å². The van der Waals surface area contributed by atoms with Crippen molar-refractivity contribution >= 4 is 5.78 Å². The van der Waals surface area contributed by atoms with Crippen LogP contribution in [0.1, 0.15) is 31.2 Å². The molecule has 0 saturated carbocycles. The third-order valence-corrected chi connectivity index (χ3v) is 1.93. The number of ketones is 1. The molecule has 0 unspecified atom stereocenters. The highest BCUT2D eigenvalue weighted by molar-refractivity contribution is 5.78. The van der Waals surface area contributed by atoms with Crippen LogP contribution in [0.2, 0.25) is 0 Å². The van der Waals surface area contributed by atoms with Gasteiger partial charge in [0.2, 0.25) is 0 Å². The number of aromatic nitrogens is 2. The first-order valence-corrected chi connectivity index (χ1v) is 4.60. The van der Waals surface area contributed by atoms with Crippen LogP contribution >= 0.6 is 0 Å². The van der Waals surface area contributed by atoms with Gasteiger partial charge in [0.25, 0.3) is 0 Å². The molecule has 0 N–H and O–H groups in total. The average Bonchev–Trinajstić information content (AvgIpc) is 2.60. The lowest BCUT2D eigenvalue weighted by Crippen LogP contribution is -2.10. The maximum atomic E-state index is 11.3. The summed E-state index contributed by atoms with van der Waals surface area (Å²) in [6.45, 7) is 2.03. The summed E-state index contributed by atoms with van der Waals surface area (Å²) in [5.41, 5.74) is 0.226. The Hall–Kier alpha value is -2.14. The fourth-order valence-corrected chi connectivity index (χ4v) is 1.25. The van der Waals surface area contributed by atoms with Crippen molar-refractivity contribution in [2.75, 3.05) is 0 Å². The first kappa shape index (κ1) is 10.9. The summed E-state index contributed by atoms with van der Waals surface area (Å²) in [5, 5.41) is 17.4. The molecule has 0 spiro atoms. The van der Waals surface area contributed by atoms with Crippen LogP contribution < -0.4 is 0 Å². The van der Waals surface area contributed by atoms with Gasteiger partial charge in [-0.25, -0.2) is 4.98 Å². The summed E-state index contributed by atoms with van der Waals surface area (Å²) in [6, 6.07) is 3.67. The molecule has 0 amide bonds. The molecule has 1 aromatic rings. The van der Waals surface area contributed by atoms with Crippen molar-refractivity contribution < 1.29 is 4.79 Å². The summed E-state index contributed by atoms with van der Waals surface area (Å²) in [4.78, 5) is 15.1. The Morgan fingerprint density at radius 3 is 2.80 bits per heavy atom. The standard InChI is InChI=1S/C10H10N4O/c1-2-3-8(15)6-14-7-13-9(4-11)10(14)5-12/h7H,2-3,6H2,1H3. The lowest BCUT2D eigenvalue weighted by atomic mass is 10.2. The van der Waals surface area contributed by atoms with Crippen molar-refractivity contribution in [2.24, 2.45) is 0 Å². The SMILES string of the molecule is CCCC(=O)Cn1cnc(C#N)c1C#N. The lowest BCUT2D eigenvalue weighted by Gasteiger charge is -2.01. The second kappa shape index (κ2) is 4.92. The normalized spacial score (nSPS) is 9.27. The predicted octanol–water partition coefficient (Wildman–Crippen LogP) is 0.996. The van der Waals surface area contributed by atoms with E-state index < -0.39 is 0 Å². The van der Waals surface area contributed by atoms with Gasteiger partial charge in [0.05, 0.1) is 12.9 Å². The Labute approximate surface area is 87.6 Å². The van der Waals surface area contributed by atoms with Gasteiger partial charge in [-0.05, 0) is 6.42 Å². The third-order valence-electron chi connectivity index (χ3n) is 1.93. The van der Waals surface area contributed by atoms with Gasteiger partial charge in [-0.3, -0.25) is 4.79 Å². The minimum Gasteiger partial charge on any atom is -0.314 e. The topological polar surface area (TPSA) is 82.5 Å². The first-order valence-electron chi connectivity index (χ1n) is 4.60. The van der Waals surface area contributed by atoms with Crippen LogP contribution in [0.4, 0.5) is 0 Å². The number of carbonyl (C=O) groups excluding carboxylic acids is 1. The van der Waals surface area contributed by atoms with Gasteiger partial charge >= 0.3 is 0 Å². The van der Waals surface area contributed by atoms with Gasteiger partial charge in [0.15, 0.2) is 17.2 Å². The second-order valence-corrected chi connectivity index (χ2v) is 3.08. The number of rotatable bonds is 4. The Morgan fingerprint density at radius 2 is 2.27 bits per heavy atom. The predicted molar refractivity (Wildman–Crippen MR) is 51.6 cm³/mol. The molecular formula is C10H10N4O. The van der Waals surface area contributed by atoms with E-state index in [1.165, 1.54) is 10.9 Å². The molecule has 0 radical (unpaired) electrons. The highest BCUT2D eigenvalue weighted by Gasteiger charge is 2.11. The minimum absolute atomic E-state index is 0.0379. The third kappa shape index (κ3) is 2.41. The van der Waals surface area contributed by atoms with E-state index in [9.17, 15) is 4.79 Å². The van der Waals surface area contributed by atoms with E-state index in [-0.39, 0.29) is 23.7 Å². The van der Waals surface area contributed by atoms with Gasteiger partial charge in [-0.2, -0.15) is 10.5 Å². The van der Waals surface area contributed by atoms with Crippen molar-refractivity contribution in [3.63, 3.8) is 0 Å². The smallest absolute Gasteiger partial charge is 0.176 e. The molecule has 15 heavy (non-hydrogen) atoms. The molecule has 0 atom stereocenters. The molecule has 1 heterocycles. The molecule has 5 heteroatoms. The zero-order chi connectivity index (χ0) is 11.3. The van der Waals surface area contributed by atoms with Crippen LogP contribution in [0.15, 0.2) is 6.33 Å². The second-order valence-electron chi connectivity index (χ2n) is 3.08. The van der Waals surface area contributed by atoms with Crippen molar-refractivity contribution in [2.45, 2.75) is 26.3 Å². The summed E-state index contributed by atoms with van der Waals surface area (Å²) in [6.07, 6.45) is 2.61. The Morgan fingerprint density at radius 1 is 1.53 bits per heavy atom. The summed E-state index contributed by atoms with van der Waals surface area (Å²) < 4.78 is 1.41. The molecular weight excluding hydrogens is 192 g/mol. The van der Waals surface area contributed by atoms with Gasteiger partial charge < -0.3 is 4.57 Å². The summed E-state index contributed by atoms with van der Waals surface area (Å²) in [5.74, 6) is 0.0379. The Kier molecular flexibility index (Phi) is 3.59. The molecule has 0 aliphatic carbocycles. The number of imidazole rings is 1. The molecule has 1 rings (SSSR count). The zero-order valence-electron chi connectivity index (χ0n) is 8.40. The van der Waals surface area contributed by atoms with Crippen molar-refractivity contribution in [3.8, 4) is 12.1 Å². The van der Waals surface area contributed by atoms with Crippen molar-refractivity contribution in [1.29, 1.82) is 10.5 Å². The molecule has 0 bridgehead atoms. The highest BCUT2D eigenvalue weighted by atomic mass is 16.1. The van der Waals surface area contributed by atoms with Crippen molar-refractivity contribution in [3.05, 3.63) is 17.7 Å². The molecule has 76 valence electrons. The van der Waals surface area contributed by atoms with Crippen LogP contribution in [0, 0.1) is 22.7 Å². The van der Waals surface area contributed by atoms with E-state index in [1.807, 2.05) is 13.0 Å². The van der Waals surface area contributed by atoms with Crippen molar-refractivity contribution in [1.82, 2.24) is 9.55 Å². The number of hydrogen-bond donors (Lipinski definition) is 0. The molecule has 0 fully saturated rings. The monoisotopic (exact) mass is 202 g/mol. The van der Waals surface area contributed by atoms with Crippen LogP contribution in [0.5, 0.6) is 0 Å². The zero-order valence-corrected chi connectivity index (χ0v) is 8.40. The molecule has 0 saturated heterocycles. The summed E-state index contributed by atoms with van der Waals surface area (Å²) >= 11 is 0. The van der Waals surface area contributed by atoms with E-state index in [2.05, 4.69) is 4.98 Å². The quantitative estimate of drug-likeness (QED) is 0.729. The number of carbonyl (C=O) groups is 1. The minimum atomic E-state index is 0.0379. The van der Waals surface area contributed by atoms with Crippen LogP contribution in [-0.4, -0.2) is 15.3 Å². The fraction of sp³-hybridized carbons (Fsp3) is 0.400. The fourth-order valence-electron chi connectivity index (χ4n) is 1.25. The highest BCUT2D eigenvalue weighted by Crippen LogP contribution is 2.05. The Balaban J connectivity index is 2.88. The molecule has 0 aromatic carbocycles. The average molecular weight is 202 g/mol. The molecule has 1 aromatic heterocycles. The van der Waals surface area contributed by atoms with Crippen LogP contribution in [0.25, 0.3) is 0 Å². The molecule has 5 nitrogen and oxygen atoms in total. The van der Waals surface area contributed by atoms with E-state index in [0.29, 0.717) is 6.42 Å². The number of nitrogens with zero attached hydrogens (tertiary/aromatic N) is 4. The van der Waals surface area contributed by atoms with E-state index in [0.717, 1.165) is 6.42 Å². The summed E-state index contributed by atoms with van der Waals surface area (Å²) in [7, 11) is 0. The Bertz CT molecular complexity index is 447. The maximum absolute atomic E-state index is 11.3. The lowest BCUT2D eigenvalue weighted by molar-refractivity contribution is -0.119. The maximum Gasteiger partial charge on any atom is 0.176 e. The van der Waals surface area contributed by atoms with E-state index in [4.69, 9.17) is 10.5 Å². The van der Waals surface area contributed by atoms with Gasteiger partial charge in [0.1, 0.15) is 12.1 Å². The first-order chi connectivity index (χ1) is 7.22. The van der Waals surface area contributed by atoms with Crippen LogP contribution in [0.3, 0.4) is 0 Å². The molecule has 0 aliphatic heterocycles. The number of nitriles is 2. The largest absolute Gasteiger partial charge is 0.314 e. The van der Waals surface area contributed by atoms with Gasteiger partial charge in [-0.1, -0.05) is 6.92 Å². The van der Waals surface area contributed by atoms with E-state index in [1.54, 1.807) is 6.07 Å². The molecule has 0 aliphatic rings. The number of Topliss-reactive ketones (excluding diaryl/α,β-unsaturated/α-hetero) is 1. The van der Waals surface area contributed by atoms with Crippen LogP contribution in [-0.2, 0) is 11.3 Å². The van der Waals surface area contributed by atoms with Gasteiger partial charge in [0, 0.05) is 6.42 Å². The van der Waals surface area contributed by atoms with E-state index >= 15 is 0 Å². The number of hydrogen-bond acceptors (Lipinski definition) is 4.